The summed E-state index contributed by atoms with van der Waals surface area (Å²) >= 11 is 0. The van der Waals surface area contributed by atoms with E-state index in [4.69, 9.17) is 11.5 Å². The predicted octanol–water partition coefficient (Wildman–Crippen LogP) is 2.46. The molecule has 2 nitrogen and oxygen atoms in total. The molecule has 0 heterocycles. The Morgan fingerprint density at radius 2 is 2.38 bits per heavy atom. The van der Waals surface area contributed by atoms with Crippen molar-refractivity contribution in [3.63, 3.8) is 0 Å². The van der Waals surface area contributed by atoms with Gasteiger partial charge in [-0.3, -0.25) is 4.79 Å². The molecule has 0 bridgehead atoms. The van der Waals surface area contributed by atoms with Crippen LogP contribution < -0.4 is 0 Å². The third-order valence-electron chi connectivity index (χ3n) is 1.87. The smallest absolute Gasteiger partial charge is 0.307 e. The number of carbonyl (C=O) groups is 1. The first-order valence-corrected chi connectivity index (χ1v) is 4.49. The first-order valence-electron chi connectivity index (χ1n) is 4.49. The maximum Gasteiger partial charge on any atom is 0.307 e. The van der Waals surface area contributed by atoms with Crippen molar-refractivity contribution in [2.45, 2.75) is 32.6 Å². The molecule has 0 fully saturated rings. The third-order valence-corrected chi connectivity index (χ3v) is 1.87. The van der Waals surface area contributed by atoms with Gasteiger partial charge in [-0.05, 0) is 26.2 Å². The van der Waals surface area contributed by atoms with Gasteiger partial charge in [-0.2, -0.15) is 0 Å². The van der Waals surface area contributed by atoms with E-state index in [1.54, 1.807) is 0 Å². The molecule has 0 spiro atoms. The van der Waals surface area contributed by atoms with E-state index >= 15 is 0 Å². The molecule has 1 N–H and O–H groups in total. The molecule has 0 saturated heterocycles. The van der Waals surface area contributed by atoms with Crippen molar-refractivity contribution in [3.8, 4) is 12.3 Å². The molecule has 0 rings (SSSR count). The summed E-state index contributed by atoms with van der Waals surface area (Å²) in [5.74, 6) is 1.25. The lowest BCUT2D eigenvalue weighted by molar-refractivity contribution is -0.141. The van der Waals surface area contributed by atoms with Gasteiger partial charge in [0.25, 0.3) is 0 Å². The molecular formula is C11H16O2. The van der Waals surface area contributed by atoms with Gasteiger partial charge in [0.1, 0.15) is 0 Å². The number of carboxylic acid groups (broad SMARTS) is 1. The summed E-state index contributed by atoms with van der Waals surface area (Å²) in [7, 11) is 0. The van der Waals surface area contributed by atoms with Gasteiger partial charge in [-0.1, -0.05) is 12.2 Å². The minimum Gasteiger partial charge on any atom is -0.481 e. The van der Waals surface area contributed by atoms with E-state index in [9.17, 15) is 4.79 Å². The number of unbranched alkanes of at least 4 members (excludes halogenated alkanes) is 1. The van der Waals surface area contributed by atoms with Crippen LogP contribution in [0.4, 0.5) is 0 Å². The second-order valence-electron chi connectivity index (χ2n) is 2.94. The quantitative estimate of drug-likeness (QED) is 0.387. The fourth-order valence-corrected chi connectivity index (χ4v) is 1.10. The molecule has 0 aromatic carbocycles. The zero-order valence-electron chi connectivity index (χ0n) is 7.99. The Morgan fingerprint density at radius 3 is 2.85 bits per heavy atom. The van der Waals surface area contributed by atoms with Crippen molar-refractivity contribution >= 4 is 5.97 Å². The summed E-state index contributed by atoms with van der Waals surface area (Å²) in [5, 5.41) is 8.75. The average Bonchev–Trinajstić information content (AvgIpc) is 2.10. The van der Waals surface area contributed by atoms with Gasteiger partial charge >= 0.3 is 5.97 Å². The van der Waals surface area contributed by atoms with Crippen molar-refractivity contribution in [2.75, 3.05) is 0 Å². The summed E-state index contributed by atoms with van der Waals surface area (Å²) in [5.41, 5.74) is 0. The number of terminal acetylenes is 1. The van der Waals surface area contributed by atoms with E-state index in [1.165, 1.54) is 0 Å². The highest BCUT2D eigenvalue weighted by atomic mass is 16.4. The lowest BCUT2D eigenvalue weighted by atomic mass is 9.99. The maximum atomic E-state index is 10.6. The van der Waals surface area contributed by atoms with Crippen LogP contribution in [-0.4, -0.2) is 11.1 Å². The van der Waals surface area contributed by atoms with E-state index in [0.29, 0.717) is 12.8 Å². The summed E-state index contributed by atoms with van der Waals surface area (Å²) in [6.07, 6.45) is 11.9. The van der Waals surface area contributed by atoms with Crippen LogP contribution >= 0.6 is 0 Å². The van der Waals surface area contributed by atoms with Gasteiger partial charge in [0, 0.05) is 6.42 Å². The summed E-state index contributed by atoms with van der Waals surface area (Å²) in [6, 6.07) is 0. The van der Waals surface area contributed by atoms with Gasteiger partial charge in [0.05, 0.1) is 5.92 Å². The topological polar surface area (TPSA) is 37.3 Å². The molecule has 0 aromatic rings. The zero-order valence-corrected chi connectivity index (χ0v) is 7.99. The van der Waals surface area contributed by atoms with E-state index in [-0.39, 0.29) is 5.92 Å². The largest absolute Gasteiger partial charge is 0.481 e. The van der Waals surface area contributed by atoms with Crippen molar-refractivity contribution in [1.82, 2.24) is 0 Å². The van der Waals surface area contributed by atoms with Crippen LogP contribution in [0.5, 0.6) is 0 Å². The van der Waals surface area contributed by atoms with E-state index in [1.807, 2.05) is 19.1 Å². The predicted molar refractivity (Wildman–Crippen MR) is 53.2 cm³/mol. The summed E-state index contributed by atoms with van der Waals surface area (Å²) in [4.78, 5) is 10.6. The Bertz CT molecular complexity index is 211. The fraction of sp³-hybridized carbons (Fsp3) is 0.545. The molecule has 72 valence electrons. The highest BCUT2D eigenvalue weighted by Crippen LogP contribution is 2.12. The SMILES string of the molecule is C#CCC(CCCC=CC)C(=O)O. The normalized spacial score (nSPS) is 12.6. The second-order valence-corrected chi connectivity index (χ2v) is 2.94. The molecule has 0 radical (unpaired) electrons. The number of carboxylic acids is 1. The lowest BCUT2D eigenvalue weighted by Gasteiger charge is -2.06. The molecule has 13 heavy (non-hydrogen) atoms. The van der Waals surface area contributed by atoms with Crippen LogP contribution in [0.2, 0.25) is 0 Å². The molecule has 0 aliphatic carbocycles. The lowest BCUT2D eigenvalue weighted by Crippen LogP contribution is -2.12. The molecule has 0 aliphatic rings. The highest BCUT2D eigenvalue weighted by Gasteiger charge is 2.14. The van der Waals surface area contributed by atoms with E-state index < -0.39 is 5.97 Å². The van der Waals surface area contributed by atoms with Gasteiger partial charge in [-0.25, -0.2) is 0 Å². The zero-order chi connectivity index (χ0) is 10.1. The maximum absolute atomic E-state index is 10.6. The van der Waals surface area contributed by atoms with Crippen LogP contribution in [0.3, 0.4) is 0 Å². The van der Waals surface area contributed by atoms with Crippen LogP contribution in [0.25, 0.3) is 0 Å². The first kappa shape index (κ1) is 11.8. The number of allylic oxidation sites excluding steroid dienone is 2. The van der Waals surface area contributed by atoms with Crippen LogP contribution in [0.15, 0.2) is 12.2 Å². The van der Waals surface area contributed by atoms with Crippen LogP contribution in [0.1, 0.15) is 32.6 Å². The van der Waals surface area contributed by atoms with E-state index in [2.05, 4.69) is 5.92 Å². The Hall–Kier alpha value is -1.23. The van der Waals surface area contributed by atoms with Crippen LogP contribution in [0, 0.1) is 18.3 Å². The van der Waals surface area contributed by atoms with Crippen molar-refractivity contribution in [3.05, 3.63) is 12.2 Å². The Morgan fingerprint density at radius 1 is 1.69 bits per heavy atom. The minimum atomic E-state index is -0.779. The standard InChI is InChI=1S/C11H16O2/c1-3-5-6-7-9-10(8-4-2)11(12)13/h2-3,5,10H,6-9H2,1H3,(H,12,13). The van der Waals surface area contributed by atoms with Crippen molar-refractivity contribution < 1.29 is 9.90 Å². The second kappa shape index (κ2) is 7.42. The van der Waals surface area contributed by atoms with Gasteiger partial charge in [0.2, 0.25) is 0 Å². The molecule has 0 saturated carbocycles. The molecule has 1 unspecified atom stereocenters. The van der Waals surface area contributed by atoms with Crippen molar-refractivity contribution in [1.29, 1.82) is 0 Å². The number of hydrogen-bond acceptors (Lipinski definition) is 1. The minimum absolute atomic E-state index is 0.338. The monoisotopic (exact) mass is 180 g/mol. The molecule has 0 amide bonds. The van der Waals surface area contributed by atoms with Gasteiger partial charge < -0.3 is 5.11 Å². The Labute approximate surface area is 79.7 Å². The molecule has 2 heteroatoms. The van der Waals surface area contributed by atoms with Gasteiger partial charge in [0.15, 0.2) is 0 Å². The Balaban J connectivity index is 3.71. The summed E-state index contributed by atoms with van der Waals surface area (Å²) < 4.78 is 0. The van der Waals surface area contributed by atoms with Crippen molar-refractivity contribution in [2.24, 2.45) is 5.92 Å². The number of aliphatic carboxylic acids is 1. The number of rotatable bonds is 6. The van der Waals surface area contributed by atoms with Gasteiger partial charge in [-0.15, -0.1) is 12.3 Å². The fourth-order valence-electron chi connectivity index (χ4n) is 1.10. The third kappa shape index (κ3) is 5.98. The first-order chi connectivity index (χ1) is 6.22. The molecular weight excluding hydrogens is 164 g/mol. The van der Waals surface area contributed by atoms with Crippen LogP contribution in [-0.2, 0) is 4.79 Å². The highest BCUT2D eigenvalue weighted by molar-refractivity contribution is 5.70. The molecule has 0 aliphatic heterocycles. The Kier molecular flexibility index (Phi) is 6.72. The number of hydrogen-bond donors (Lipinski definition) is 1. The molecule has 1 atom stereocenters. The average molecular weight is 180 g/mol. The summed E-state index contributed by atoms with van der Waals surface area (Å²) in [6.45, 7) is 1.95. The molecule has 0 aromatic heterocycles. The van der Waals surface area contributed by atoms with E-state index in [0.717, 1.165) is 12.8 Å².